The number of esters is 2. The van der Waals surface area contributed by atoms with Crippen LogP contribution < -0.4 is 0 Å². The minimum absolute atomic E-state index is 0.0484. The van der Waals surface area contributed by atoms with Crippen LogP contribution in [0.25, 0.3) is 16.4 Å². The van der Waals surface area contributed by atoms with Crippen molar-refractivity contribution < 1.29 is 19.1 Å². The predicted octanol–water partition coefficient (Wildman–Crippen LogP) is 2.06. The third kappa shape index (κ3) is 1.92. The molecule has 0 radical (unpaired) electrons. The normalized spacial score (nSPS) is 10.8. The number of nitrogens with zero attached hydrogens (tertiary/aromatic N) is 2. The van der Waals surface area contributed by atoms with E-state index in [1.807, 2.05) is 30.3 Å². The molecule has 0 saturated carbocycles. The summed E-state index contributed by atoms with van der Waals surface area (Å²) in [6.45, 7) is 0. The number of ether oxygens (including phenoxy) is 2. The minimum Gasteiger partial charge on any atom is -0.465 e. The second-order valence-electron chi connectivity index (χ2n) is 4.40. The lowest BCUT2D eigenvalue weighted by atomic mass is 10.2. The van der Waals surface area contributed by atoms with Crippen molar-refractivity contribution >= 4 is 28.4 Å². The van der Waals surface area contributed by atoms with E-state index in [2.05, 4.69) is 9.84 Å². The van der Waals surface area contributed by atoms with Crippen LogP contribution in [0.5, 0.6) is 0 Å². The zero-order valence-electron chi connectivity index (χ0n) is 11.5. The van der Waals surface area contributed by atoms with E-state index < -0.39 is 11.9 Å². The Balaban J connectivity index is 2.42. The van der Waals surface area contributed by atoms with Crippen LogP contribution in [-0.4, -0.2) is 35.8 Å². The zero-order chi connectivity index (χ0) is 15.0. The van der Waals surface area contributed by atoms with Gasteiger partial charge < -0.3 is 9.47 Å². The van der Waals surface area contributed by atoms with E-state index in [-0.39, 0.29) is 11.3 Å². The SMILES string of the molecule is COC(=O)c1nn2c(cc3cccccc32)c1C(=O)OC. The second kappa shape index (κ2) is 4.90. The molecule has 0 unspecified atom stereocenters. The average Bonchev–Trinajstić information content (AvgIpc) is 2.92. The van der Waals surface area contributed by atoms with Crippen LogP contribution in [0, 0.1) is 0 Å². The molecule has 0 aliphatic rings. The van der Waals surface area contributed by atoms with Gasteiger partial charge in [-0.05, 0) is 12.1 Å². The molecule has 0 saturated heterocycles. The smallest absolute Gasteiger partial charge is 0.359 e. The van der Waals surface area contributed by atoms with Crippen LogP contribution in [-0.2, 0) is 9.47 Å². The molecule has 2 heterocycles. The molecule has 0 spiro atoms. The fourth-order valence-electron chi connectivity index (χ4n) is 2.30. The van der Waals surface area contributed by atoms with Gasteiger partial charge in [0.05, 0.1) is 25.3 Å². The van der Waals surface area contributed by atoms with Crippen molar-refractivity contribution in [2.75, 3.05) is 14.2 Å². The van der Waals surface area contributed by atoms with E-state index in [1.54, 1.807) is 10.6 Å². The van der Waals surface area contributed by atoms with Crippen molar-refractivity contribution in [2.45, 2.75) is 0 Å². The molecule has 0 amide bonds. The number of carbonyl (C=O) groups is 2. The average molecular weight is 284 g/mol. The summed E-state index contributed by atoms with van der Waals surface area (Å²) in [7, 11) is 2.50. The van der Waals surface area contributed by atoms with Crippen molar-refractivity contribution in [1.29, 1.82) is 0 Å². The van der Waals surface area contributed by atoms with E-state index in [1.165, 1.54) is 14.2 Å². The van der Waals surface area contributed by atoms with E-state index in [0.717, 1.165) is 10.9 Å². The van der Waals surface area contributed by atoms with Gasteiger partial charge in [-0.2, -0.15) is 5.10 Å². The molecule has 3 aromatic rings. The number of fused-ring (bicyclic) bond motifs is 3. The first-order valence-electron chi connectivity index (χ1n) is 6.24. The number of methoxy groups -OCH3 is 2. The predicted molar refractivity (Wildman–Crippen MR) is 75.4 cm³/mol. The van der Waals surface area contributed by atoms with Crippen LogP contribution >= 0.6 is 0 Å². The van der Waals surface area contributed by atoms with E-state index >= 15 is 0 Å². The quantitative estimate of drug-likeness (QED) is 0.674. The Kier molecular flexibility index (Phi) is 3.06. The van der Waals surface area contributed by atoms with Gasteiger partial charge in [-0.3, -0.25) is 0 Å². The number of hydrogen-bond donors (Lipinski definition) is 0. The fourth-order valence-corrected chi connectivity index (χ4v) is 2.30. The first kappa shape index (κ1) is 13.1. The van der Waals surface area contributed by atoms with Crippen LogP contribution in [0.3, 0.4) is 0 Å². The first-order valence-corrected chi connectivity index (χ1v) is 6.24. The van der Waals surface area contributed by atoms with Crippen LogP contribution in [0.15, 0.2) is 36.4 Å². The Morgan fingerprint density at radius 1 is 1.00 bits per heavy atom. The molecular weight excluding hydrogens is 272 g/mol. The number of aromatic nitrogens is 2. The first-order chi connectivity index (χ1) is 10.2. The molecule has 2 aromatic heterocycles. The maximum Gasteiger partial charge on any atom is 0.359 e. The number of rotatable bonds is 2. The summed E-state index contributed by atoms with van der Waals surface area (Å²) < 4.78 is 11.0. The number of carbonyl (C=O) groups excluding carboxylic acids is 2. The van der Waals surface area contributed by atoms with Crippen molar-refractivity contribution in [3.8, 4) is 0 Å². The van der Waals surface area contributed by atoms with Gasteiger partial charge in [-0.15, -0.1) is 0 Å². The summed E-state index contributed by atoms with van der Waals surface area (Å²) in [5, 5.41) is 5.12. The van der Waals surface area contributed by atoms with Gasteiger partial charge in [-0.25, -0.2) is 14.1 Å². The van der Waals surface area contributed by atoms with Crippen LogP contribution in [0.4, 0.5) is 0 Å². The Labute approximate surface area is 119 Å². The largest absolute Gasteiger partial charge is 0.465 e. The molecule has 6 nitrogen and oxygen atoms in total. The van der Waals surface area contributed by atoms with Gasteiger partial charge in [0.25, 0.3) is 0 Å². The van der Waals surface area contributed by atoms with Crippen molar-refractivity contribution in [3.63, 3.8) is 0 Å². The summed E-state index contributed by atoms with van der Waals surface area (Å²) in [6, 6.07) is 11.2. The third-order valence-corrected chi connectivity index (χ3v) is 3.26. The lowest BCUT2D eigenvalue weighted by Crippen LogP contribution is -2.10. The molecule has 0 bridgehead atoms. The van der Waals surface area contributed by atoms with E-state index in [9.17, 15) is 9.59 Å². The highest BCUT2D eigenvalue weighted by Crippen LogP contribution is 2.25. The topological polar surface area (TPSA) is 69.9 Å². The summed E-state index contributed by atoms with van der Waals surface area (Å²) >= 11 is 0. The monoisotopic (exact) mass is 284 g/mol. The van der Waals surface area contributed by atoms with Gasteiger partial charge in [0.1, 0.15) is 5.56 Å². The van der Waals surface area contributed by atoms with Crippen LogP contribution in [0.2, 0.25) is 0 Å². The summed E-state index contributed by atoms with van der Waals surface area (Å²) in [4.78, 5) is 23.8. The Morgan fingerprint density at radius 3 is 2.43 bits per heavy atom. The van der Waals surface area contributed by atoms with Gasteiger partial charge >= 0.3 is 11.9 Å². The molecule has 0 aliphatic heterocycles. The van der Waals surface area contributed by atoms with Gasteiger partial charge in [0, 0.05) is 5.39 Å². The van der Waals surface area contributed by atoms with E-state index in [4.69, 9.17) is 4.74 Å². The minimum atomic E-state index is -0.674. The highest BCUT2D eigenvalue weighted by Gasteiger charge is 2.27. The summed E-state index contributed by atoms with van der Waals surface area (Å²) in [6.07, 6.45) is 0. The van der Waals surface area contributed by atoms with Crippen molar-refractivity contribution in [2.24, 2.45) is 0 Å². The maximum absolute atomic E-state index is 12.0. The fraction of sp³-hybridized carbons (Fsp3) is 0.133. The lowest BCUT2D eigenvalue weighted by Gasteiger charge is -1.98. The Hall–Kier alpha value is -2.89. The molecule has 106 valence electrons. The van der Waals surface area contributed by atoms with Crippen molar-refractivity contribution in [1.82, 2.24) is 9.61 Å². The molecular formula is C15H12N2O4. The molecule has 0 fully saturated rings. The standard InChI is InChI=1S/C15H12N2O4/c1-20-14(18)12-11-8-9-6-4-3-5-7-10(9)17(11)16-13(12)15(19)21-2/h3-8H,1-2H3. The second-order valence-corrected chi connectivity index (χ2v) is 4.40. The highest BCUT2D eigenvalue weighted by atomic mass is 16.5. The highest BCUT2D eigenvalue weighted by molar-refractivity contribution is 6.09. The molecule has 0 atom stereocenters. The number of hydrogen-bond acceptors (Lipinski definition) is 5. The van der Waals surface area contributed by atoms with Gasteiger partial charge in [0.2, 0.25) is 0 Å². The van der Waals surface area contributed by atoms with Crippen molar-refractivity contribution in [3.05, 3.63) is 47.7 Å². The van der Waals surface area contributed by atoms with Gasteiger partial charge in [0.15, 0.2) is 5.69 Å². The Bertz CT molecular complexity index is 867. The molecule has 0 aliphatic carbocycles. The third-order valence-electron chi connectivity index (χ3n) is 3.26. The Morgan fingerprint density at radius 2 is 1.71 bits per heavy atom. The van der Waals surface area contributed by atoms with E-state index in [0.29, 0.717) is 5.52 Å². The zero-order valence-corrected chi connectivity index (χ0v) is 11.5. The molecule has 1 aromatic carbocycles. The molecule has 6 heteroatoms. The molecule has 3 rings (SSSR count). The molecule has 21 heavy (non-hydrogen) atoms. The molecule has 0 N–H and O–H groups in total. The van der Waals surface area contributed by atoms with Crippen LogP contribution in [0.1, 0.15) is 20.8 Å². The summed E-state index contributed by atoms with van der Waals surface area (Å²) in [5.41, 5.74) is 1.37. The lowest BCUT2D eigenvalue weighted by molar-refractivity contribution is 0.0553. The van der Waals surface area contributed by atoms with Gasteiger partial charge in [-0.1, -0.05) is 24.3 Å². The maximum atomic E-state index is 12.0. The summed E-state index contributed by atoms with van der Waals surface area (Å²) in [5.74, 6) is -1.29.